The zero-order chi connectivity index (χ0) is 21.0. The van der Waals surface area contributed by atoms with Gasteiger partial charge in [0.2, 0.25) is 15.9 Å². The topological polar surface area (TPSA) is 66.5 Å². The van der Waals surface area contributed by atoms with Crippen LogP contribution in [0.2, 0.25) is 0 Å². The van der Waals surface area contributed by atoms with Crippen LogP contribution >= 0.6 is 0 Å². The van der Waals surface area contributed by atoms with Crippen molar-refractivity contribution in [2.45, 2.75) is 37.0 Å². The minimum absolute atomic E-state index is 0.130. The molecule has 0 spiro atoms. The zero-order valence-electron chi connectivity index (χ0n) is 16.9. The Morgan fingerprint density at radius 3 is 2.23 bits per heavy atom. The number of hydrogen-bond donors (Lipinski definition) is 1. The third kappa shape index (κ3) is 4.55. The molecule has 3 aromatic rings. The number of hydrogen-bond acceptors (Lipinski definition) is 3. The van der Waals surface area contributed by atoms with Gasteiger partial charge in [-0.15, -0.1) is 0 Å². The maximum atomic E-state index is 12.9. The Bertz CT molecular complexity index is 1130. The Morgan fingerprint density at radius 1 is 0.833 bits per heavy atom. The molecule has 156 valence electrons. The number of amides is 1. The number of carbonyl (C=O) groups excluding carboxylic acids is 1. The van der Waals surface area contributed by atoms with E-state index in [1.807, 2.05) is 42.5 Å². The minimum Gasteiger partial charge on any atom is -0.326 e. The Kier molecular flexibility index (Phi) is 6.16. The molecule has 1 amide bonds. The van der Waals surface area contributed by atoms with Crippen LogP contribution in [0.1, 0.15) is 31.2 Å². The van der Waals surface area contributed by atoms with Crippen molar-refractivity contribution in [2.75, 3.05) is 18.4 Å². The molecule has 6 heteroatoms. The molecular formula is C24H26N2O3S. The van der Waals surface area contributed by atoms with Gasteiger partial charge in [0.1, 0.15) is 0 Å². The van der Waals surface area contributed by atoms with E-state index in [4.69, 9.17) is 0 Å². The van der Waals surface area contributed by atoms with Gasteiger partial charge in [0.15, 0.2) is 0 Å². The molecule has 0 saturated carbocycles. The molecule has 5 nitrogen and oxygen atoms in total. The van der Waals surface area contributed by atoms with Crippen molar-refractivity contribution < 1.29 is 13.2 Å². The smallest absolute Gasteiger partial charge is 0.243 e. The third-order valence-corrected chi connectivity index (χ3v) is 7.48. The quantitative estimate of drug-likeness (QED) is 0.654. The molecule has 1 fully saturated rings. The average molecular weight is 423 g/mol. The fourth-order valence-electron chi connectivity index (χ4n) is 3.97. The number of sulfonamides is 1. The fraction of sp³-hybridized carbons (Fsp3) is 0.292. The highest BCUT2D eigenvalue weighted by Crippen LogP contribution is 2.23. The lowest BCUT2D eigenvalue weighted by molar-refractivity contribution is -0.115. The summed E-state index contributed by atoms with van der Waals surface area (Å²) in [6.45, 7) is 1.15. The highest BCUT2D eigenvalue weighted by Gasteiger charge is 2.25. The molecule has 0 bridgehead atoms. The Labute approximate surface area is 177 Å². The van der Waals surface area contributed by atoms with Gasteiger partial charge in [0.25, 0.3) is 0 Å². The highest BCUT2D eigenvalue weighted by atomic mass is 32.2. The van der Waals surface area contributed by atoms with Gasteiger partial charge in [-0.2, -0.15) is 4.31 Å². The van der Waals surface area contributed by atoms with Crippen LogP contribution in [0.5, 0.6) is 0 Å². The lowest BCUT2D eigenvalue weighted by Gasteiger charge is -2.20. The largest absolute Gasteiger partial charge is 0.326 e. The highest BCUT2D eigenvalue weighted by molar-refractivity contribution is 7.89. The lowest BCUT2D eigenvalue weighted by atomic mass is 10.0. The van der Waals surface area contributed by atoms with E-state index in [1.165, 1.54) is 0 Å². The molecule has 1 aliphatic heterocycles. The molecule has 0 aromatic heterocycles. The molecule has 1 aliphatic rings. The van der Waals surface area contributed by atoms with Gasteiger partial charge in [0, 0.05) is 18.8 Å². The van der Waals surface area contributed by atoms with Crippen molar-refractivity contribution in [1.29, 1.82) is 0 Å². The van der Waals surface area contributed by atoms with E-state index in [2.05, 4.69) is 5.32 Å². The van der Waals surface area contributed by atoms with Gasteiger partial charge in [-0.25, -0.2) is 8.42 Å². The Morgan fingerprint density at radius 2 is 1.50 bits per heavy atom. The van der Waals surface area contributed by atoms with Crippen LogP contribution < -0.4 is 5.32 Å². The predicted octanol–water partition coefficient (Wildman–Crippen LogP) is 4.59. The van der Waals surface area contributed by atoms with Crippen molar-refractivity contribution in [1.82, 2.24) is 4.31 Å². The molecular weight excluding hydrogens is 396 g/mol. The summed E-state index contributed by atoms with van der Waals surface area (Å²) in [4.78, 5) is 12.8. The van der Waals surface area contributed by atoms with E-state index in [0.717, 1.165) is 42.0 Å². The van der Waals surface area contributed by atoms with Crippen molar-refractivity contribution in [2.24, 2.45) is 0 Å². The summed E-state index contributed by atoms with van der Waals surface area (Å²) in [6.07, 6.45) is 4.22. The average Bonchev–Trinajstić information content (AvgIpc) is 3.05. The minimum atomic E-state index is -3.48. The third-order valence-electron chi connectivity index (χ3n) is 5.57. The van der Waals surface area contributed by atoms with E-state index in [-0.39, 0.29) is 17.2 Å². The maximum absolute atomic E-state index is 12.9. The van der Waals surface area contributed by atoms with Gasteiger partial charge in [0.05, 0.1) is 11.3 Å². The number of benzene rings is 3. The van der Waals surface area contributed by atoms with Crippen molar-refractivity contribution in [3.63, 3.8) is 0 Å². The zero-order valence-corrected chi connectivity index (χ0v) is 17.7. The Balaban J connectivity index is 1.44. The van der Waals surface area contributed by atoms with Crippen LogP contribution in [0.15, 0.2) is 71.6 Å². The summed E-state index contributed by atoms with van der Waals surface area (Å²) < 4.78 is 27.3. The van der Waals surface area contributed by atoms with Gasteiger partial charge in [-0.1, -0.05) is 55.3 Å². The first-order chi connectivity index (χ1) is 14.5. The molecule has 1 N–H and O–H groups in total. The number of nitrogens with zero attached hydrogens (tertiary/aromatic N) is 1. The van der Waals surface area contributed by atoms with Crippen LogP contribution in [-0.4, -0.2) is 31.7 Å². The summed E-state index contributed by atoms with van der Waals surface area (Å²) in [5, 5.41) is 5.04. The standard InChI is InChI=1S/C24H26N2O3S/c27-24(18-20-10-7-9-19-8-3-4-11-23(19)20)25-21-12-14-22(15-13-21)30(28,29)26-16-5-1-2-6-17-26/h3-4,7-15H,1-2,5-6,16-18H2,(H,25,27). The van der Waals surface area contributed by atoms with E-state index < -0.39 is 10.0 Å². The summed E-state index contributed by atoms with van der Waals surface area (Å²) in [6, 6.07) is 20.4. The number of fused-ring (bicyclic) bond motifs is 1. The molecule has 3 aromatic carbocycles. The van der Waals surface area contributed by atoms with Gasteiger partial charge >= 0.3 is 0 Å². The fourth-order valence-corrected chi connectivity index (χ4v) is 5.48. The number of nitrogens with one attached hydrogen (secondary N) is 1. The summed E-state index contributed by atoms with van der Waals surface area (Å²) in [7, 11) is -3.48. The Hall–Kier alpha value is -2.70. The first-order valence-electron chi connectivity index (χ1n) is 10.4. The van der Waals surface area contributed by atoms with Gasteiger partial charge in [-0.3, -0.25) is 4.79 Å². The van der Waals surface area contributed by atoms with Crippen LogP contribution in [0.25, 0.3) is 10.8 Å². The van der Waals surface area contributed by atoms with Crippen molar-refractivity contribution >= 4 is 32.4 Å². The lowest BCUT2D eigenvalue weighted by Crippen LogP contribution is -2.31. The summed E-state index contributed by atoms with van der Waals surface area (Å²) in [5.74, 6) is -0.130. The SMILES string of the molecule is O=C(Cc1cccc2ccccc12)Nc1ccc(S(=O)(=O)N2CCCCCC2)cc1. The molecule has 0 radical (unpaired) electrons. The van der Waals surface area contributed by atoms with Crippen LogP contribution in [0.3, 0.4) is 0 Å². The molecule has 1 saturated heterocycles. The molecule has 0 atom stereocenters. The van der Waals surface area contributed by atoms with Crippen molar-refractivity contribution in [3.8, 4) is 0 Å². The van der Waals surface area contributed by atoms with E-state index in [1.54, 1.807) is 28.6 Å². The van der Waals surface area contributed by atoms with Crippen LogP contribution in [-0.2, 0) is 21.2 Å². The predicted molar refractivity (Wildman–Crippen MR) is 120 cm³/mol. The number of rotatable bonds is 5. The van der Waals surface area contributed by atoms with E-state index in [9.17, 15) is 13.2 Å². The second-order valence-corrected chi connectivity index (χ2v) is 9.64. The van der Waals surface area contributed by atoms with Crippen LogP contribution in [0, 0.1) is 0 Å². The van der Waals surface area contributed by atoms with Gasteiger partial charge < -0.3 is 5.32 Å². The number of anilines is 1. The van der Waals surface area contributed by atoms with Crippen LogP contribution in [0.4, 0.5) is 5.69 Å². The van der Waals surface area contributed by atoms with Gasteiger partial charge in [-0.05, 0) is 53.4 Å². The summed E-state index contributed by atoms with van der Waals surface area (Å²) >= 11 is 0. The molecule has 1 heterocycles. The maximum Gasteiger partial charge on any atom is 0.243 e. The molecule has 4 rings (SSSR count). The normalized spacial score (nSPS) is 15.6. The first-order valence-corrected chi connectivity index (χ1v) is 11.8. The second-order valence-electron chi connectivity index (χ2n) is 7.71. The second kappa shape index (κ2) is 8.98. The van der Waals surface area contributed by atoms with E-state index >= 15 is 0 Å². The molecule has 0 aliphatic carbocycles. The monoisotopic (exact) mass is 422 g/mol. The van der Waals surface area contributed by atoms with E-state index in [0.29, 0.717) is 18.8 Å². The number of carbonyl (C=O) groups is 1. The van der Waals surface area contributed by atoms with Crippen molar-refractivity contribution in [3.05, 3.63) is 72.3 Å². The molecule has 0 unspecified atom stereocenters. The summed E-state index contributed by atoms with van der Waals surface area (Å²) in [5.41, 5.74) is 1.56. The molecule has 30 heavy (non-hydrogen) atoms. The first kappa shape index (κ1) is 20.6.